The molecule has 2 saturated heterocycles. The number of imidazole rings is 1. The first-order valence-electron chi connectivity index (χ1n) is 11.5. The number of nitrogens with zero attached hydrogens (tertiary/aromatic N) is 3. The Morgan fingerprint density at radius 2 is 2.00 bits per heavy atom. The lowest BCUT2D eigenvalue weighted by molar-refractivity contribution is -0.114. The number of ether oxygens (including phenoxy) is 2. The Morgan fingerprint density at radius 1 is 1.12 bits per heavy atom. The number of anilines is 1. The first kappa shape index (κ1) is 20.3. The van der Waals surface area contributed by atoms with Crippen LogP contribution in [0.2, 0.25) is 0 Å². The molecule has 169 valence electrons. The standard InChI is InChI=1S/C25H26N5O3/c31-25-22(23(26-15-17-4-3-11-33-17)18-5-1-2-6-19(18)29-25)24-27-20-8-7-16(14-21(20)28-24)30-9-12-32-13-10-30/h1-2,5-8,14,17,26H,3-4,9-13,15H2,(H,27,28). The molecule has 1 amide bonds. The van der Waals surface area contributed by atoms with E-state index in [1.54, 1.807) is 0 Å². The third kappa shape index (κ3) is 3.85. The van der Waals surface area contributed by atoms with Crippen LogP contribution in [0.25, 0.3) is 22.3 Å². The van der Waals surface area contributed by atoms with Crippen molar-refractivity contribution in [1.82, 2.24) is 20.6 Å². The summed E-state index contributed by atoms with van der Waals surface area (Å²) in [7, 11) is 0. The smallest absolute Gasteiger partial charge is 0.283 e. The minimum absolute atomic E-state index is 0.145. The normalized spacial score (nSPS) is 20.8. The van der Waals surface area contributed by atoms with Crippen LogP contribution in [0.5, 0.6) is 0 Å². The maximum Gasteiger partial charge on any atom is 0.283 e. The van der Waals surface area contributed by atoms with Gasteiger partial charge in [-0.05, 0) is 37.1 Å². The van der Waals surface area contributed by atoms with Crippen LogP contribution in [0.3, 0.4) is 0 Å². The van der Waals surface area contributed by atoms with E-state index in [9.17, 15) is 4.79 Å². The third-order valence-electron chi connectivity index (χ3n) is 6.47. The molecular formula is C25H26N5O3. The minimum Gasteiger partial charge on any atom is -0.381 e. The van der Waals surface area contributed by atoms with Crippen LogP contribution in [0, 0.1) is 0 Å². The highest BCUT2D eigenvalue weighted by Crippen LogP contribution is 2.35. The van der Waals surface area contributed by atoms with Gasteiger partial charge in [0, 0.05) is 37.5 Å². The van der Waals surface area contributed by atoms with Crippen LogP contribution in [0.1, 0.15) is 24.2 Å². The molecule has 8 heteroatoms. The summed E-state index contributed by atoms with van der Waals surface area (Å²) in [5.41, 5.74) is 5.63. The number of amides is 1. The Morgan fingerprint density at radius 3 is 2.85 bits per heavy atom. The number of morpholine rings is 1. The Balaban J connectivity index is 1.40. The van der Waals surface area contributed by atoms with E-state index < -0.39 is 0 Å². The number of nitrogens with one attached hydrogen (secondary N) is 2. The first-order valence-corrected chi connectivity index (χ1v) is 11.5. The van der Waals surface area contributed by atoms with Crippen molar-refractivity contribution in [3.05, 3.63) is 53.9 Å². The van der Waals surface area contributed by atoms with Gasteiger partial charge < -0.3 is 24.7 Å². The number of aromatic amines is 1. The van der Waals surface area contributed by atoms with Gasteiger partial charge in [0.25, 0.3) is 5.91 Å². The van der Waals surface area contributed by atoms with Crippen LogP contribution >= 0.6 is 0 Å². The predicted molar refractivity (Wildman–Crippen MR) is 126 cm³/mol. The Labute approximate surface area is 192 Å². The van der Waals surface area contributed by atoms with E-state index in [0.29, 0.717) is 23.6 Å². The number of hydrogen-bond acceptors (Lipinski definition) is 6. The second kappa shape index (κ2) is 8.53. The van der Waals surface area contributed by atoms with E-state index >= 15 is 0 Å². The molecule has 0 bridgehead atoms. The molecule has 3 aliphatic rings. The van der Waals surface area contributed by atoms with Gasteiger partial charge in [-0.2, -0.15) is 0 Å². The number of carbonyl (C=O) groups is 1. The molecular weight excluding hydrogens is 418 g/mol. The fourth-order valence-electron chi connectivity index (χ4n) is 4.74. The second-order valence-electron chi connectivity index (χ2n) is 8.59. The molecule has 8 nitrogen and oxygen atoms in total. The van der Waals surface area contributed by atoms with Gasteiger partial charge in [0.2, 0.25) is 0 Å². The van der Waals surface area contributed by atoms with E-state index in [4.69, 9.17) is 14.5 Å². The van der Waals surface area contributed by atoms with Crippen molar-refractivity contribution < 1.29 is 14.3 Å². The summed E-state index contributed by atoms with van der Waals surface area (Å²) >= 11 is 0. The Bertz CT molecular complexity index is 1220. The summed E-state index contributed by atoms with van der Waals surface area (Å²) in [5.74, 6) is 0.234. The first-order chi connectivity index (χ1) is 16.3. The van der Waals surface area contributed by atoms with Crippen molar-refractivity contribution >= 4 is 39.6 Å². The van der Waals surface area contributed by atoms with Crippen molar-refractivity contribution in [2.45, 2.75) is 18.9 Å². The van der Waals surface area contributed by atoms with Gasteiger partial charge in [0.15, 0.2) is 0 Å². The quantitative estimate of drug-likeness (QED) is 0.629. The predicted octanol–water partition coefficient (Wildman–Crippen LogP) is 2.81. The number of aromatic nitrogens is 2. The van der Waals surface area contributed by atoms with E-state index in [2.05, 4.69) is 32.7 Å². The monoisotopic (exact) mass is 444 g/mol. The van der Waals surface area contributed by atoms with Crippen molar-refractivity contribution in [3.63, 3.8) is 0 Å². The van der Waals surface area contributed by atoms with Crippen LogP contribution in [0.4, 0.5) is 11.4 Å². The van der Waals surface area contributed by atoms with Gasteiger partial charge in [-0.15, -0.1) is 0 Å². The summed E-state index contributed by atoms with van der Waals surface area (Å²) in [6.45, 7) is 4.61. The van der Waals surface area contributed by atoms with Crippen LogP contribution in [-0.2, 0) is 14.3 Å². The van der Waals surface area contributed by atoms with Crippen molar-refractivity contribution in [3.8, 4) is 0 Å². The van der Waals surface area contributed by atoms with Crippen LogP contribution < -0.4 is 15.5 Å². The molecule has 2 N–H and O–H groups in total. The number of H-pyrrole nitrogens is 1. The highest BCUT2D eigenvalue weighted by molar-refractivity contribution is 6.29. The molecule has 2 aromatic carbocycles. The summed E-state index contributed by atoms with van der Waals surface area (Å²) in [4.78, 5) is 23.6. The molecule has 4 heterocycles. The van der Waals surface area contributed by atoms with Crippen LogP contribution in [0.15, 0.2) is 42.5 Å². The van der Waals surface area contributed by atoms with Gasteiger partial charge in [-0.25, -0.2) is 10.3 Å². The molecule has 33 heavy (non-hydrogen) atoms. The topological polar surface area (TPSA) is 93.6 Å². The molecule has 0 aliphatic carbocycles. The summed E-state index contributed by atoms with van der Waals surface area (Å²) in [6.07, 6.45) is 2.23. The zero-order valence-electron chi connectivity index (χ0n) is 18.3. The largest absolute Gasteiger partial charge is 0.381 e. The SMILES string of the molecule is O=C1[N]c2ccccc2C(NCC2CCCO2)=C1c1nc2cc(N3CCOCC3)ccc2[nH]1. The van der Waals surface area contributed by atoms with Crippen molar-refractivity contribution in [1.29, 1.82) is 0 Å². The summed E-state index contributed by atoms with van der Waals surface area (Å²) in [6, 6.07) is 13.9. The van der Waals surface area contributed by atoms with Crippen molar-refractivity contribution in [2.24, 2.45) is 0 Å². The average molecular weight is 445 g/mol. The number of fused-ring (bicyclic) bond motifs is 2. The second-order valence-corrected chi connectivity index (χ2v) is 8.59. The van der Waals surface area contributed by atoms with E-state index in [1.165, 1.54) is 0 Å². The molecule has 3 aromatic rings. The summed E-state index contributed by atoms with van der Waals surface area (Å²) in [5, 5.41) is 7.84. The molecule has 1 atom stereocenters. The zero-order valence-corrected chi connectivity index (χ0v) is 18.3. The fourth-order valence-corrected chi connectivity index (χ4v) is 4.74. The minimum atomic E-state index is -0.295. The van der Waals surface area contributed by atoms with E-state index in [0.717, 1.165) is 73.7 Å². The third-order valence-corrected chi connectivity index (χ3v) is 6.47. The number of hydrogen-bond donors (Lipinski definition) is 2. The number of carbonyl (C=O) groups excluding carboxylic acids is 1. The molecule has 1 aromatic heterocycles. The van der Waals surface area contributed by atoms with Gasteiger partial charge in [-0.1, -0.05) is 18.2 Å². The Hall–Kier alpha value is -3.36. The van der Waals surface area contributed by atoms with Gasteiger partial charge in [0.1, 0.15) is 11.4 Å². The zero-order chi connectivity index (χ0) is 22.2. The maximum atomic E-state index is 13.2. The van der Waals surface area contributed by atoms with Gasteiger partial charge in [0.05, 0.1) is 41.7 Å². The molecule has 2 fully saturated rings. The van der Waals surface area contributed by atoms with Gasteiger partial charge >= 0.3 is 0 Å². The molecule has 6 rings (SSSR count). The highest BCUT2D eigenvalue weighted by Gasteiger charge is 2.30. The molecule has 0 saturated carbocycles. The van der Waals surface area contributed by atoms with Crippen molar-refractivity contribution in [2.75, 3.05) is 44.4 Å². The number of rotatable bonds is 5. The number of para-hydroxylation sites is 1. The highest BCUT2D eigenvalue weighted by atomic mass is 16.5. The lowest BCUT2D eigenvalue weighted by Gasteiger charge is -2.28. The Kier molecular flexibility index (Phi) is 5.24. The lowest BCUT2D eigenvalue weighted by Crippen LogP contribution is -2.36. The lowest BCUT2D eigenvalue weighted by atomic mass is 9.98. The maximum absolute atomic E-state index is 13.2. The summed E-state index contributed by atoms with van der Waals surface area (Å²) < 4.78 is 11.3. The fraction of sp³-hybridized carbons (Fsp3) is 0.360. The van der Waals surface area contributed by atoms with Gasteiger partial charge in [-0.3, -0.25) is 4.79 Å². The molecule has 1 unspecified atom stereocenters. The van der Waals surface area contributed by atoms with E-state index in [-0.39, 0.29) is 12.0 Å². The average Bonchev–Trinajstić information content (AvgIpc) is 3.52. The van der Waals surface area contributed by atoms with Crippen LogP contribution in [-0.4, -0.2) is 61.4 Å². The molecule has 1 radical (unpaired) electrons. The molecule has 3 aliphatic heterocycles. The number of benzene rings is 2. The van der Waals surface area contributed by atoms with E-state index in [1.807, 2.05) is 30.3 Å². The molecule has 0 spiro atoms.